The molecule has 160 valence electrons. The lowest BCUT2D eigenvalue weighted by Gasteiger charge is -2.57. The summed E-state index contributed by atoms with van der Waals surface area (Å²) < 4.78 is 45.2. The molecule has 0 spiro atoms. The molecule has 0 amide bonds. The van der Waals surface area contributed by atoms with E-state index in [0.717, 1.165) is 55.0 Å². The third kappa shape index (κ3) is 2.98. The van der Waals surface area contributed by atoms with E-state index in [-0.39, 0.29) is 0 Å². The quantitative estimate of drug-likeness (QED) is 0.478. The van der Waals surface area contributed by atoms with Gasteiger partial charge in [0.2, 0.25) is 0 Å². The summed E-state index contributed by atoms with van der Waals surface area (Å²) in [6.45, 7) is 3.47. The summed E-state index contributed by atoms with van der Waals surface area (Å²) in [6.07, 6.45) is 6.51. The van der Waals surface area contributed by atoms with E-state index >= 15 is 0 Å². The molecule has 0 heterocycles. The highest BCUT2D eigenvalue weighted by atomic mass is 19.4. The first-order chi connectivity index (χ1) is 13.3. The Morgan fingerprint density at radius 2 is 1.68 bits per heavy atom. The second-order valence-corrected chi connectivity index (χ2v) is 11.3. The van der Waals surface area contributed by atoms with Crippen LogP contribution in [0.1, 0.15) is 71.1 Å². The fourth-order valence-corrected chi connectivity index (χ4v) is 9.26. The van der Waals surface area contributed by atoms with Crippen molar-refractivity contribution in [2.24, 2.45) is 58.7 Å². The van der Waals surface area contributed by atoms with Crippen molar-refractivity contribution in [3.63, 3.8) is 0 Å². The lowest BCUT2D eigenvalue weighted by molar-refractivity contribution is -0.196. The minimum atomic E-state index is -3.98. The molecule has 0 bridgehead atoms. The van der Waals surface area contributed by atoms with Crippen LogP contribution >= 0.6 is 0 Å². The van der Waals surface area contributed by atoms with Crippen LogP contribution in [0.15, 0.2) is 0 Å². The molecule has 0 aromatic carbocycles. The summed E-state index contributed by atoms with van der Waals surface area (Å²) in [5.41, 5.74) is 0.499. The Kier molecular flexibility index (Phi) is 4.84. The summed E-state index contributed by atoms with van der Waals surface area (Å²) in [4.78, 5) is 0. The van der Waals surface area contributed by atoms with Gasteiger partial charge in [0, 0.05) is 13.7 Å². The van der Waals surface area contributed by atoms with Crippen molar-refractivity contribution in [3.05, 3.63) is 0 Å². The molecule has 0 saturated heterocycles. The van der Waals surface area contributed by atoms with Gasteiger partial charge in [0.1, 0.15) is 0 Å². The van der Waals surface area contributed by atoms with Gasteiger partial charge >= 0.3 is 6.18 Å². The second-order valence-electron chi connectivity index (χ2n) is 11.3. The lowest BCUT2D eigenvalue weighted by Crippen LogP contribution is -2.50. The summed E-state index contributed by atoms with van der Waals surface area (Å²) in [5.74, 6) is 5.07. The van der Waals surface area contributed by atoms with Crippen molar-refractivity contribution >= 4 is 0 Å². The van der Waals surface area contributed by atoms with Gasteiger partial charge in [-0.1, -0.05) is 6.92 Å². The monoisotopic (exact) mass is 398 g/mol. The largest absolute Gasteiger partial charge is 0.391 e. The Labute approximate surface area is 168 Å². The molecule has 4 heteroatoms. The molecule has 0 aromatic rings. The van der Waals surface area contributed by atoms with Crippen molar-refractivity contribution in [1.82, 2.24) is 0 Å². The molecule has 0 aliphatic heterocycles. The zero-order valence-corrected chi connectivity index (χ0v) is 17.5. The Morgan fingerprint density at radius 3 is 2.43 bits per heavy atom. The van der Waals surface area contributed by atoms with Crippen LogP contribution < -0.4 is 0 Å². The zero-order valence-electron chi connectivity index (χ0n) is 17.5. The van der Waals surface area contributed by atoms with Crippen molar-refractivity contribution in [2.45, 2.75) is 77.3 Å². The van der Waals surface area contributed by atoms with Crippen LogP contribution in [0.5, 0.6) is 0 Å². The maximum atomic E-state index is 13.3. The van der Waals surface area contributed by atoms with Crippen molar-refractivity contribution in [3.8, 4) is 0 Å². The molecule has 0 radical (unpaired) electrons. The number of ether oxygens (including phenoxy) is 1. The van der Waals surface area contributed by atoms with Crippen LogP contribution in [0.4, 0.5) is 13.2 Å². The first kappa shape index (κ1) is 19.7. The number of hydrogen-bond acceptors (Lipinski definition) is 1. The number of rotatable bonds is 4. The van der Waals surface area contributed by atoms with Gasteiger partial charge in [-0.25, -0.2) is 0 Å². The Bertz CT molecular complexity index is 589. The van der Waals surface area contributed by atoms with E-state index in [2.05, 4.69) is 6.92 Å². The number of alkyl halides is 3. The average Bonchev–Trinajstić information content (AvgIpc) is 3.38. The van der Waals surface area contributed by atoms with Gasteiger partial charge in [0.05, 0.1) is 5.92 Å². The number of methoxy groups -OCH3 is 1. The third-order valence-electron chi connectivity index (χ3n) is 10.3. The van der Waals surface area contributed by atoms with E-state index < -0.39 is 12.1 Å². The molecule has 0 aromatic heterocycles. The van der Waals surface area contributed by atoms with E-state index in [1.807, 2.05) is 0 Å². The molecule has 6 unspecified atom stereocenters. The van der Waals surface area contributed by atoms with E-state index in [4.69, 9.17) is 4.74 Å². The Balaban J connectivity index is 1.30. The topological polar surface area (TPSA) is 9.23 Å². The van der Waals surface area contributed by atoms with Gasteiger partial charge in [-0.05, 0) is 117 Å². The highest BCUT2D eigenvalue weighted by molar-refractivity contribution is 5.17. The van der Waals surface area contributed by atoms with Gasteiger partial charge in [0.25, 0.3) is 0 Å². The molecule has 5 rings (SSSR count). The normalized spacial score (nSPS) is 52.4. The summed E-state index contributed by atoms with van der Waals surface area (Å²) in [7, 11) is 1.80. The zero-order chi connectivity index (χ0) is 19.7. The summed E-state index contributed by atoms with van der Waals surface area (Å²) in [5, 5.41) is 0. The minimum Gasteiger partial charge on any atom is -0.385 e. The maximum absolute atomic E-state index is 13.3. The molecule has 5 saturated carbocycles. The Morgan fingerprint density at radius 1 is 0.893 bits per heavy atom. The number of hydrogen-bond donors (Lipinski definition) is 0. The molecule has 1 nitrogen and oxygen atoms in total. The molecular weight excluding hydrogens is 361 g/mol. The highest BCUT2D eigenvalue weighted by Gasteiger charge is 2.68. The molecule has 5 aliphatic carbocycles. The molecule has 10 atom stereocenters. The van der Waals surface area contributed by atoms with Crippen LogP contribution in [0.2, 0.25) is 0 Å². The Hall–Kier alpha value is -0.250. The molecule has 5 aliphatic rings. The lowest BCUT2D eigenvalue weighted by atomic mass is 9.48. The minimum absolute atomic E-state index is 0.347. The van der Waals surface area contributed by atoms with Gasteiger partial charge in [-0.3, -0.25) is 0 Å². The van der Waals surface area contributed by atoms with Crippen molar-refractivity contribution < 1.29 is 17.9 Å². The summed E-state index contributed by atoms with van der Waals surface area (Å²) in [6, 6.07) is 0. The maximum Gasteiger partial charge on any atom is 0.391 e. The van der Waals surface area contributed by atoms with Gasteiger partial charge in [0.15, 0.2) is 0 Å². The van der Waals surface area contributed by atoms with Crippen molar-refractivity contribution in [1.29, 1.82) is 0 Å². The molecule has 0 N–H and O–H groups in total. The highest BCUT2D eigenvalue weighted by Crippen LogP contribution is 2.75. The predicted octanol–water partition coefficient (Wildman–Crippen LogP) is 6.72. The smallest absolute Gasteiger partial charge is 0.385 e. The van der Waals surface area contributed by atoms with E-state index in [1.165, 1.54) is 38.5 Å². The van der Waals surface area contributed by atoms with Crippen LogP contribution in [-0.2, 0) is 4.74 Å². The number of fused-ring (bicyclic) bond motifs is 7. The fourth-order valence-electron chi connectivity index (χ4n) is 9.26. The van der Waals surface area contributed by atoms with E-state index in [9.17, 15) is 13.2 Å². The molecule has 5 fully saturated rings. The van der Waals surface area contributed by atoms with Gasteiger partial charge in [-0.2, -0.15) is 13.2 Å². The molecular formula is C24H37F3O. The standard InChI is InChI=1S/C24H37F3O/c1-23-10-9-17-16-8-6-15(24(25,26)27)12-14(16)5-7-18(17)22(23)20-13-19(20)21(23)4-3-11-28-2/h14-22H,3-13H2,1-2H3/t14-,15?,16+,17?,18-,19+,20?,21?,22?,23?/m1/s1. The molecule has 28 heavy (non-hydrogen) atoms. The van der Waals surface area contributed by atoms with E-state index in [0.29, 0.717) is 30.1 Å². The van der Waals surface area contributed by atoms with Gasteiger partial charge < -0.3 is 4.74 Å². The predicted molar refractivity (Wildman–Crippen MR) is 104 cm³/mol. The number of halogens is 3. The first-order valence-electron chi connectivity index (χ1n) is 11.9. The van der Waals surface area contributed by atoms with E-state index in [1.54, 1.807) is 7.11 Å². The van der Waals surface area contributed by atoms with Gasteiger partial charge in [-0.15, -0.1) is 0 Å². The van der Waals surface area contributed by atoms with Crippen LogP contribution in [0.3, 0.4) is 0 Å². The third-order valence-corrected chi connectivity index (χ3v) is 10.3. The first-order valence-corrected chi connectivity index (χ1v) is 11.9. The fraction of sp³-hybridized carbons (Fsp3) is 1.00. The van der Waals surface area contributed by atoms with Crippen LogP contribution in [0.25, 0.3) is 0 Å². The SMILES string of the molecule is COCCCC1[C@H]2CC2C2[C@@H]3CC[C@@H]4CC(C(F)(F)F)CC[C@@H]4C3CCC12C. The van der Waals surface area contributed by atoms with Crippen LogP contribution in [-0.4, -0.2) is 19.9 Å². The van der Waals surface area contributed by atoms with Crippen molar-refractivity contribution in [2.75, 3.05) is 13.7 Å². The second kappa shape index (κ2) is 6.89. The average molecular weight is 399 g/mol. The summed E-state index contributed by atoms with van der Waals surface area (Å²) >= 11 is 0. The van der Waals surface area contributed by atoms with Crippen LogP contribution in [0, 0.1) is 58.7 Å².